The van der Waals surface area contributed by atoms with Crippen LogP contribution in [-0.2, 0) is 0 Å². The molecule has 0 amide bonds. The smallest absolute Gasteiger partial charge is 0.120 e. The van der Waals surface area contributed by atoms with E-state index in [9.17, 15) is 0 Å². The highest BCUT2D eigenvalue weighted by molar-refractivity contribution is 6.65. The van der Waals surface area contributed by atoms with Crippen LogP contribution in [0.15, 0.2) is 66.6 Å². The molecule has 0 atom stereocenters. The van der Waals surface area contributed by atoms with Crippen LogP contribution in [0.25, 0.3) is 21.5 Å². The molecule has 0 N–H and O–H groups in total. The molecule has 85 valence electrons. The molecule has 0 aliphatic carbocycles. The molecule has 0 heterocycles. The van der Waals surface area contributed by atoms with Gasteiger partial charge < -0.3 is 0 Å². The quantitative estimate of drug-likeness (QED) is 0.462. The Morgan fingerprint density at radius 1 is 0.833 bits per heavy atom. The van der Waals surface area contributed by atoms with Crippen molar-refractivity contribution in [2.75, 3.05) is 0 Å². The van der Waals surface area contributed by atoms with Crippen LogP contribution in [0.5, 0.6) is 0 Å². The molecule has 0 unspecified atom stereocenters. The minimum atomic E-state index is 1.30. The van der Waals surface area contributed by atoms with Crippen LogP contribution in [0.1, 0.15) is 6.92 Å². The highest BCUT2D eigenvalue weighted by atomic mass is 14.0. The Morgan fingerprint density at radius 2 is 1.39 bits per heavy atom. The monoisotopic (exact) mass is 229 g/mol. The molecule has 18 heavy (non-hydrogen) atoms. The summed E-state index contributed by atoms with van der Waals surface area (Å²) in [7, 11) is 2.20. The molecule has 1 radical (unpaired) electrons. The summed E-state index contributed by atoms with van der Waals surface area (Å²) >= 11 is 0. The Labute approximate surface area is 108 Å². The van der Waals surface area contributed by atoms with Crippen molar-refractivity contribution in [2.24, 2.45) is 0 Å². The van der Waals surface area contributed by atoms with Gasteiger partial charge in [0.2, 0.25) is 0 Å². The molecule has 0 aromatic heterocycles. The predicted octanol–water partition coefficient (Wildman–Crippen LogP) is 3.86. The molecule has 3 aromatic rings. The van der Waals surface area contributed by atoms with E-state index in [0.29, 0.717) is 0 Å². The molecule has 0 fully saturated rings. The van der Waals surface area contributed by atoms with Gasteiger partial charge in [0.1, 0.15) is 0 Å². The van der Waals surface area contributed by atoms with Crippen molar-refractivity contribution in [3.05, 3.63) is 66.6 Å². The summed E-state index contributed by atoms with van der Waals surface area (Å²) in [4.78, 5) is 0. The van der Waals surface area contributed by atoms with Crippen molar-refractivity contribution in [3.63, 3.8) is 0 Å². The molecule has 0 spiro atoms. The predicted molar refractivity (Wildman–Crippen MR) is 81.7 cm³/mol. The second-order valence-corrected chi connectivity index (χ2v) is 4.42. The maximum atomic E-state index is 2.26. The van der Waals surface area contributed by atoms with Gasteiger partial charge in [-0.15, -0.1) is 12.1 Å². The third-order valence-electron chi connectivity index (χ3n) is 3.27. The van der Waals surface area contributed by atoms with E-state index < -0.39 is 0 Å². The minimum absolute atomic E-state index is 1.30. The van der Waals surface area contributed by atoms with Gasteiger partial charge in [-0.2, -0.15) is 0 Å². The topological polar surface area (TPSA) is 0 Å². The number of rotatable bonds is 2. The molecule has 0 aliphatic rings. The van der Waals surface area contributed by atoms with Crippen molar-refractivity contribution in [1.82, 2.24) is 0 Å². The average Bonchev–Trinajstić information content (AvgIpc) is 2.43. The summed E-state index contributed by atoms with van der Waals surface area (Å²) in [6, 6.07) is 19.4. The van der Waals surface area contributed by atoms with Gasteiger partial charge in [0.15, 0.2) is 7.28 Å². The fourth-order valence-electron chi connectivity index (χ4n) is 2.42. The molecular formula is C17H14B. The first-order valence-corrected chi connectivity index (χ1v) is 6.26. The minimum Gasteiger partial charge on any atom is -0.120 e. The van der Waals surface area contributed by atoms with Crippen LogP contribution in [0, 0.1) is 0 Å². The summed E-state index contributed by atoms with van der Waals surface area (Å²) in [6.45, 7) is 2.05. The van der Waals surface area contributed by atoms with Crippen LogP contribution in [0.4, 0.5) is 0 Å². The molecule has 3 aromatic carbocycles. The number of fused-ring (bicyclic) bond motifs is 2. The van der Waals surface area contributed by atoms with E-state index in [1.165, 1.54) is 27.0 Å². The van der Waals surface area contributed by atoms with E-state index in [4.69, 9.17) is 0 Å². The molecule has 0 aliphatic heterocycles. The third kappa shape index (κ3) is 1.82. The van der Waals surface area contributed by atoms with Crippen LogP contribution >= 0.6 is 0 Å². The zero-order valence-corrected chi connectivity index (χ0v) is 10.4. The lowest BCUT2D eigenvalue weighted by atomic mass is 9.66. The van der Waals surface area contributed by atoms with Crippen LogP contribution in [0.3, 0.4) is 0 Å². The van der Waals surface area contributed by atoms with E-state index in [2.05, 4.69) is 73.9 Å². The molecule has 1 heteroatoms. The van der Waals surface area contributed by atoms with Gasteiger partial charge in [-0.1, -0.05) is 54.0 Å². The Balaban J connectivity index is 2.41. The molecule has 0 saturated heterocycles. The second kappa shape index (κ2) is 4.69. The average molecular weight is 229 g/mol. The van der Waals surface area contributed by atoms with Gasteiger partial charge in [-0.25, -0.2) is 0 Å². The van der Waals surface area contributed by atoms with E-state index in [1.54, 1.807) is 0 Å². The zero-order chi connectivity index (χ0) is 12.4. The Kier molecular flexibility index (Phi) is 2.89. The van der Waals surface area contributed by atoms with Crippen LogP contribution in [0.2, 0.25) is 0 Å². The zero-order valence-electron chi connectivity index (χ0n) is 10.4. The molecule has 3 rings (SSSR count). The summed E-state index contributed by atoms with van der Waals surface area (Å²) in [5, 5.41) is 5.22. The van der Waals surface area contributed by atoms with Gasteiger partial charge in [0, 0.05) is 0 Å². The molecule has 0 nitrogen and oxygen atoms in total. The first-order chi connectivity index (χ1) is 8.90. The number of allylic oxidation sites excluding steroid dienone is 1. The van der Waals surface area contributed by atoms with Gasteiger partial charge in [0.25, 0.3) is 0 Å². The van der Waals surface area contributed by atoms with Crippen LogP contribution in [-0.4, -0.2) is 7.28 Å². The standard InChI is InChI=1S/C17H14B/c1-2-11-18-17-15-9-5-3-7-13(15)12-14-8-4-6-10-16(14)17/h2-12H,1H3. The second-order valence-electron chi connectivity index (χ2n) is 4.42. The Morgan fingerprint density at radius 3 is 1.94 bits per heavy atom. The maximum absolute atomic E-state index is 2.26. The summed E-state index contributed by atoms with van der Waals surface area (Å²) in [5.74, 6) is 2.11. The fraction of sp³-hybridized carbons (Fsp3) is 0.0588. The van der Waals surface area contributed by atoms with E-state index in [-0.39, 0.29) is 0 Å². The summed E-state index contributed by atoms with van der Waals surface area (Å²) in [5.41, 5.74) is 1.31. The summed E-state index contributed by atoms with van der Waals surface area (Å²) < 4.78 is 0. The SMILES string of the molecule is CC=C[B]c1c2ccccc2cc2ccccc12. The van der Waals surface area contributed by atoms with E-state index in [0.717, 1.165) is 0 Å². The largest absolute Gasteiger partial charge is 0.182 e. The number of hydrogen-bond donors (Lipinski definition) is 0. The number of benzene rings is 3. The highest BCUT2D eigenvalue weighted by Crippen LogP contribution is 2.20. The maximum Gasteiger partial charge on any atom is 0.182 e. The first-order valence-electron chi connectivity index (χ1n) is 6.26. The van der Waals surface area contributed by atoms with Crippen molar-refractivity contribution >= 4 is 34.3 Å². The molecular weight excluding hydrogens is 215 g/mol. The van der Waals surface area contributed by atoms with Gasteiger partial charge >= 0.3 is 0 Å². The van der Waals surface area contributed by atoms with Gasteiger partial charge in [-0.05, 0) is 34.5 Å². The summed E-state index contributed by atoms with van der Waals surface area (Å²) in [6.07, 6.45) is 2.07. The highest BCUT2D eigenvalue weighted by Gasteiger charge is 2.05. The van der Waals surface area contributed by atoms with Crippen molar-refractivity contribution in [3.8, 4) is 0 Å². The normalized spacial score (nSPS) is 11.4. The lowest BCUT2D eigenvalue weighted by Crippen LogP contribution is -2.14. The van der Waals surface area contributed by atoms with E-state index >= 15 is 0 Å². The molecule has 0 saturated carbocycles. The fourth-order valence-corrected chi connectivity index (χ4v) is 2.42. The Bertz CT molecular complexity index is 672. The van der Waals surface area contributed by atoms with E-state index in [1.807, 2.05) is 6.92 Å². The van der Waals surface area contributed by atoms with Crippen molar-refractivity contribution < 1.29 is 0 Å². The van der Waals surface area contributed by atoms with Gasteiger partial charge in [0.05, 0.1) is 0 Å². The third-order valence-corrected chi connectivity index (χ3v) is 3.27. The lowest BCUT2D eigenvalue weighted by molar-refractivity contribution is 1.77. The molecule has 0 bridgehead atoms. The van der Waals surface area contributed by atoms with Gasteiger partial charge in [-0.3, -0.25) is 0 Å². The Hall–Kier alpha value is -2.02. The van der Waals surface area contributed by atoms with Crippen molar-refractivity contribution in [2.45, 2.75) is 6.92 Å². The first kappa shape index (κ1) is 11.1. The van der Waals surface area contributed by atoms with Crippen molar-refractivity contribution in [1.29, 1.82) is 0 Å². The lowest BCUT2D eigenvalue weighted by Gasteiger charge is -2.09. The number of hydrogen-bond acceptors (Lipinski definition) is 0. The van der Waals surface area contributed by atoms with Crippen LogP contribution < -0.4 is 5.46 Å².